The van der Waals surface area contributed by atoms with Crippen molar-refractivity contribution in [3.8, 4) is 0 Å². The minimum Gasteiger partial charge on any atom is -0.393 e. The van der Waals surface area contributed by atoms with E-state index in [1.807, 2.05) is 0 Å². The van der Waals surface area contributed by atoms with E-state index in [2.05, 4.69) is 13.8 Å². The van der Waals surface area contributed by atoms with Crippen molar-refractivity contribution in [2.24, 2.45) is 29.1 Å². The minimum absolute atomic E-state index is 0.124. The van der Waals surface area contributed by atoms with Gasteiger partial charge in [0, 0.05) is 12.3 Å². The van der Waals surface area contributed by atoms with Crippen LogP contribution in [0.5, 0.6) is 0 Å². The fourth-order valence-electron chi connectivity index (χ4n) is 6.79. The van der Waals surface area contributed by atoms with Crippen molar-refractivity contribution in [2.45, 2.75) is 148 Å². The molecule has 0 heterocycles. The van der Waals surface area contributed by atoms with Gasteiger partial charge in [-0.2, -0.15) is 0 Å². The molecule has 3 aliphatic carbocycles. The van der Waals surface area contributed by atoms with Crippen LogP contribution < -0.4 is 0 Å². The third-order valence-corrected chi connectivity index (χ3v) is 9.51. The van der Waals surface area contributed by atoms with Gasteiger partial charge in [0.05, 0.1) is 6.10 Å². The van der Waals surface area contributed by atoms with Crippen LogP contribution in [-0.2, 0) is 4.79 Å². The number of Topliss-reactive ketones (excluding diaryl/α,β-unsaturated/α-hetero) is 1. The molecule has 3 saturated carbocycles. The van der Waals surface area contributed by atoms with Gasteiger partial charge in [-0.25, -0.2) is 0 Å². The van der Waals surface area contributed by atoms with Crippen LogP contribution in [0.25, 0.3) is 0 Å². The molecular formula is C29H52O2. The molecule has 180 valence electrons. The summed E-state index contributed by atoms with van der Waals surface area (Å²) in [6.07, 6.45) is 24.8. The van der Waals surface area contributed by atoms with E-state index in [4.69, 9.17) is 0 Å². The topological polar surface area (TPSA) is 37.3 Å². The van der Waals surface area contributed by atoms with Crippen LogP contribution in [0.1, 0.15) is 142 Å². The lowest BCUT2D eigenvalue weighted by Gasteiger charge is -2.28. The van der Waals surface area contributed by atoms with Crippen LogP contribution in [0.15, 0.2) is 0 Å². The van der Waals surface area contributed by atoms with E-state index in [-0.39, 0.29) is 6.10 Å². The molecule has 0 aliphatic heterocycles. The van der Waals surface area contributed by atoms with Crippen molar-refractivity contribution < 1.29 is 9.90 Å². The lowest BCUT2D eigenvalue weighted by Crippen LogP contribution is -2.23. The summed E-state index contributed by atoms with van der Waals surface area (Å²) in [7, 11) is 0. The summed E-state index contributed by atoms with van der Waals surface area (Å²) in [5, 5.41) is 10.6. The number of ketones is 1. The molecule has 0 spiro atoms. The van der Waals surface area contributed by atoms with Crippen molar-refractivity contribution >= 4 is 5.78 Å². The standard InChI is InChI=1S/C29H52O2/c1-3-23-13-15-26(16-14-23)28(31)21-24(4-2)11-8-12-27(30)17-18-29(19-20-29)22-25-9-6-5-7-10-25/h23-27,30H,3-22H2,1-2H3. The van der Waals surface area contributed by atoms with Gasteiger partial charge in [-0.05, 0) is 93.8 Å². The van der Waals surface area contributed by atoms with Gasteiger partial charge < -0.3 is 5.11 Å². The molecule has 3 aliphatic rings. The summed E-state index contributed by atoms with van der Waals surface area (Å²) in [5.41, 5.74) is 0.609. The third-order valence-electron chi connectivity index (χ3n) is 9.51. The smallest absolute Gasteiger partial charge is 0.136 e. The highest BCUT2D eigenvalue weighted by atomic mass is 16.3. The van der Waals surface area contributed by atoms with Crippen molar-refractivity contribution in [3.05, 3.63) is 0 Å². The number of rotatable bonds is 14. The molecule has 2 unspecified atom stereocenters. The molecule has 0 aromatic carbocycles. The predicted molar refractivity (Wildman–Crippen MR) is 131 cm³/mol. The van der Waals surface area contributed by atoms with E-state index in [0.29, 0.717) is 23.0 Å². The maximum Gasteiger partial charge on any atom is 0.136 e. The molecule has 3 rings (SSSR count). The average molecular weight is 433 g/mol. The Balaban J connectivity index is 1.28. The maximum atomic E-state index is 12.8. The van der Waals surface area contributed by atoms with Crippen molar-refractivity contribution in [1.29, 1.82) is 0 Å². The molecule has 3 fully saturated rings. The van der Waals surface area contributed by atoms with Gasteiger partial charge in [0.15, 0.2) is 0 Å². The van der Waals surface area contributed by atoms with Crippen LogP contribution in [0, 0.1) is 29.1 Å². The first kappa shape index (κ1) is 25.3. The summed E-state index contributed by atoms with van der Waals surface area (Å²) in [6.45, 7) is 4.53. The van der Waals surface area contributed by atoms with Crippen LogP contribution in [0.2, 0.25) is 0 Å². The van der Waals surface area contributed by atoms with Gasteiger partial charge in [-0.15, -0.1) is 0 Å². The maximum absolute atomic E-state index is 12.8. The average Bonchev–Trinajstić information content (AvgIpc) is 3.57. The molecule has 0 aromatic heterocycles. The van der Waals surface area contributed by atoms with Crippen molar-refractivity contribution in [2.75, 3.05) is 0 Å². The number of hydrogen-bond donors (Lipinski definition) is 1. The minimum atomic E-state index is -0.124. The molecule has 2 nitrogen and oxygen atoms in total. The molecule has 2 atom stereocenters. The number of carbonyl (C=O) groups excluding carboxylic acids is 1. The normalized spacial score (nSPS) is 28.2. The second-order valence-electron chi connectivity index (χ2n) is 11.9. The lowest BCUT2D eigenvalue weighted by molar-refractivity contribution is -0.125. The summed E-state index contributed by atoms with van der Waals surface area (Å²) in [4.78, 5) is 12.8. The third kappa shape index (κ3) is 8.49. The van der Waals surface area contributed by atoms with Gasteiger partial charge in [-0.3, -0.25) is 4.79 Å². The van der Waals surface area contributed by atoms with E-state index < -0.39 is 0 Å². The fourth-order valence-corrected chi connectivity index (χ4v) is 6.79. The monoisotopic (exact) mass is 432 g/mol. The first-order valence-corrected chi connectivity index (χ1v) is 14.2. The van der Waals surface area contributed by atoms with Crippen LogP contribution >= 0.6 is 0 Å². The lowest BCUT2D eigenvalue weighted by atomic mass is 9.77. The zero-order valence-corrected chi connectivity index (χ0v) is 20.9. The summed E-state index contributed by atoms with van der Waals surface area (Å²) >= 11 is 0. The SMILES string of the molecule is CCC1CCC(C(=O)CC(CC)CCCC(O)CCC2(CC3CCCCC3)CC2)CC1. The van der Waals surface area contributed by atoms with Gasteiger partial charge in [0.1, 0.15) is 5.78 Å². The zero-order chi connectivity index (χ0) is 22.1. The number of aliphatic hydroxyl groups excluding tert-OH is 1. The van der Waals surface area contributed by atoms with Crippen LogP contribution in [0.4, 0.5) is 0 Å². The van der Waals surface area contributed by atoms with E-state index in [9.17, 15) is 9.90 Å². The van der Waals surface area contributed by atoms with Gasteiger partial charge >= 0.3 is 0 Å². The first-order chi connectivity index (χ1) is 15.0. The Labute approximate surface area is 193 Å². The van der Waals surface area contributed by atoms with E-state index >= 15 is 0 Å². The van der Waals surface area contributed by atoms with E-state index in [0.717, 1.165) is 63.2 Å². The van der Waals surface area contributed by atoms with E-state index in [1.54, 1.807) is 0 Å². The molecule has 2 heteroatoms. The Hall–Kier alpha value is -0.370. The number of aliphatic hydroxyl groups is 1. The van der Waals surface area contributed by atoms with Gasteiger partial charge in [0.2, 0.25) is 0 Å². The number of carbonyl (C=O) groups is 1. The van der Waals surface area contributed by atoms with Crippen molar-refractivity contribution in [3.63, 3.8) is 0 Å². The summed E-state index contributed by atoms with van der Waals surface area (Å²) in [6, 6.07) is 0. The highest BCUT2D eigenvalue weighted by Gasteiger charge is 2.43. The quantitative estimate of drug-likeness (QED) is 0.300. The Bertz CT molecular complexity index is 509. The first-order valence-electron chi connectivity index (χ1n) is 14.2. The molecular weight excluding hydrogens is 380 g/mol. The molecule has 0 bridgehead atoms. The Morgan fingerprint density at radius 3 is 2.23 bits per heavy atom. The molecule has 0 amide bonds. The van der Waals surface area contributed by atoms with E-state index in [1.165, 1.54) is 77.0 Å². The van der Waals surface area contributed by atoms with Gasteiger partial charge in [0.25, 0.3) is 0 Å². The second-order valence-corrected chi connectivity index (χ2v) is 11.9. The van der Waals surface area contributed by atoms with Crippen LogP contribution in [0.3, 0.4) is 0 Å². The fraction of sp³-hybridized carbons (Fsp3) is 0.966. The van der Waals surface area contributed by atoms with Crippen LogP contribution in [-0.4, -0.2) is 17.0 Å². The molecule has 0 radical (unpaired) electrons. The summed E-state index contributed by atoms with van der Waals surface area (Å²) in [5.74, 6) is 3.27. The molecule has 0 aromatic rings. The summed E-state index contributed by atoms with van der Waals surface area (Å²) < 4.78 is 0. The Morgan fingerprint density at radius 2 is 1.61 bits per heavy atom. The predicted octanol–water partition coefficient (Wildman–Crippen LogP) is 8.25. The largest absolute Gasteiger partial charge is 0.393 e. The molecule has 31 heavy (non-hydrogen) atoms. The van der Waals surface area contributed by atoms with Crippen molar-refractivity contribution in [1.82, 2.24) is 0 Å². The molecule has 1 N–H and O–H groups in total. The number of hydrogen-bond acceptors (Lipinski definition) is 2. The van der Waals surface area contributed by atoms with Gasteiger partial charge in [-0.1, -0.05) is 65.2 Å². The second kappa shape index (κ2) is 12.8. The molecule has 0 saturated heterocycles. The Kier molecular flexibility index (Phi) is 10.4. The zero-order valence-electron chi connectivity index (χ0n) is 20.9. The highest BCUT2D eigenvalue weighted by molar-refractivity contribution is 5.81. The highest BCUT2D eigenvalue weighted by Crippen LogP contribution is 2.56. The Morgan fingerprint density at radius 1 is 0.903 bits per heavy atom.